The lowest BCUT2D eigenvalue weighted by Gasteiger charge is -2.06. The highest BCUT2D eigenvalue weighted by Crippen LogP contribution is 2.28. The Morgan fingerprint density at radius 2 is 1.87 bits per heavy atom. The zero-order valence-corrected chi connectivity index (χ0v) is 12.0. The molecule has 0 bridgehead atoms. The normalized spacial score (nSPS) is 10.3. The van der Waals surface area contributed by atoms with Crippen LogP contribution in [0.4, 0.5) is 0 Å². The highest BCUT2D eigenvalue weighted by molar-refractivity contribution is 14.1. The second-order valence-electron chi connectivity index (χ2n) is 3.49. The minimum Gasteiger partial charge on any atom is -0.0614 e. The van der Waals surface area contributed by atoms with Crippen molar-refractivity contribution in [3.05, 3.63) is 56.1 Å². The summed E-state index contributed by atoms with van der Waals surface area (Å²) < 4.78 is 2.40. The lowest BCUT2D eigenvalue weighted by Crippen LogP contribution is -1.83. The van der Waals surface area contributed by atoms with Gasteiger partial charge in [0.2, 0.25) is 0 Å². The molecule has 0 heterocycles. The van der Waals surface area contributed by atoms with Crippen molar-refractivity contribution in [2.45, 2.75) is 6.92 Å². The maximum atomic E-state index is 3.51. The van der Waals surface area contributed by atoms with Crippen LogP contribution in [-0.2, 0) is 0 Å². The maximum Gasteiger partial charge on any atom is 0.0209 e. The first kappa shape index (κ1) is 11.1. The van der Waals surface area contributed by atoms with E-state index in [1.807, 2.05) is 0 Å². The fourth-order valence-electron chi connectivity index (χ4n) is 1.53. The zero-order valence-electron chi connectivity index (χ0n) is 8.30. The summed E-state index contributed by atoms with van der Waals surface area (Å²) in [5.74, 6) is 0. The van der Waals surface area contributed by atoms with Gasteiger partial charge in [-0.05, 0) is 58.8 Å². The van der Waals surface area contributed by atoms with Crippen molar-refractivity contribution in [3.63, 3.8) is 0 Å². The lowest BCUT2D eigenvalue weighted by atomic mass is 10.0. The molecule has 0 nitrogen and oxygen atoms in total. The van der Waals surface area contributed by atoms with Crippen LogP contribution in [-0.4, -0.2) is 0 Å². The summed E-state index contributed by atoms with van der Waals surface area (Å²) in [6, 6.07) is 14.9. The first-order valence-corrected chi connectivity index (χ1v) is 6.56. The average molecular weight is 373 g/mol. The fraction of sp³-hybridized carbons (Fsp3) is 0.0769. The van der Waals surface area contributed by atoms with E-state index in [1.165, 1.54) is 20.3 Å². The molecule has 76 valence electrons. The van der Waals surface area contributed by atoms with E-state index in [2.05, 4.69) is 87.9 Å². The third-order valence-electron chi connectivity index (χ3n) is 2.26. The summed E-state index contributed by atoms with van der Waals surface area (Å²) in [6.07, 6.45) is 0. The molecule has 0 fully saturated rings. The quantitative estimate of drug-likeness (QED) is 0.616. The Labute approximate surface area is 112 Å². The van der Waals surface area contributed by atoms with Crippen LogP contribution in [0.3, 0.4) is 0 Å². The molecule has 0 saturated heterocycles. The number of benzene rings is 2. The van der Waals surface area contributed by atoms with Crippen LogP contribution < -0.4 is 0 Å². The highest BCUT2D eigenvalue weighted by Gasteiger charge is 2.03. The molecule has 0 aliphatic rings. The topological polar surface area (TPSA) is 0 Å². The van der Waals surface area contributed by atoms with Crippen LogP contribution in [0.1, 0.15) is 5.56 Å². The molecule has 0 aromatic heterocycles. The van der Waals surface area contributed by atoms with E-state index >= 15 is 0 Å². The molecule has 0 radical (unpaired) electrons. The van der Waals surface area contributed by atoms with Gasteiger partial charge in [-0.2, -0.15) is 0 Å². The van der Waals surface area contributed by atoms with Crippen molar-refractivity contribution in [1.82, 2.24) is 0 Å². The van der Waals surface area contributed by atoms with Crippen LogP contribution in [0.15, 0.2) is 46.9 Å². The summed E-state index contributed by atoms with van der Waals surface area (Å²) in [5.41, 5.74) is 3.86. The summed E-state index contributed by atoms with van der Waals surface area (Å²) >= 11 is 5.88. The zero-order chi connectivity index (χ0) is 10.8. The molecule has 2 aromatic carbocycles. The Morgan fingerprint density at radius 3 is 2.60 bits per heavy atom. The monoisotopic (exact) mass is 372 g/mol. The van der Waals surface area contributed by atoms with Crippen molar-refractivity contribution in [1.29, 1.82) is 0 Å². The first-order chi connectivity index (χ1) is 7.16. The van der Waals surface area contributed by atoms with Gasteiger partial charge in [0.05, 0.1) is 0 Å². The standard InChI is InChI=1S/C13H10BrI/c1-9-3-2-4-10(7-9)12-8-11(14)5-6-13(12)15/h2-8H,1H3. The van der Waals surface area contributed by atoms with E-state index in [9.17, 15) is 0 Å². The first-order valence-electron chi connectivity index (χ1n) is 4.69. The summed E-state index contributed by atoms with van der Waals surface area (Å²) in [4.78, 5) is 0. The molecule has 15 heavy (non-hydrogen) atoms. The van der Waals surface area contributed by atoms with Gasteiger partial charge < -0.3 is 0 Å². The van der Waals surface area contributed by atoms with Crippen molar-refractivity contribution >= 4 is 38.5 Å². The predicted octanol–water partition coefficient (Wildman–Crippen LogP) is 5.03. The van der Waals surface area contributed by atoms with E-state index in [0.29, 0.717) is 0 Å². The number of rotatable bonds is 1. The fourth-order valence-corrected chi connectivity index (χ4v) is 2.54. The Morgan fingerprint density at radius 1 is 1.07 bits per heavy atom. The molecule has 0 N–H and O–H groups in total. The molecular weight excluding hydrogens is 363 g/mol. The third-order valence-corrected chi connectivity index (χ3v) is 3.69. The number of hydrogen-bond donors (Lipinski definition) is 0. The molecule has 0 aliphatic heterocycles. The van der Waals surface area contributed by atoms with Gasteiger partial charge in [0, 0.05) is 8.04 Å². The maximum absolute atomic E-state index is 3.51. The van der Waals surface area contributed by atoms with E-state index in [4.69, 9.17) is 0 Å². The Kier molecular flexibility index (Phi) is 3.46. The second kappa shape index (κ2) is 4.66. The van der Waals surface area contributed by atoms with Crippen LogP contribution >= 0.6 is 38.5 Å². The van der Waals surface area contributed by atoms with Gasteiger partial charge >= 0.3 is 0 Å². The average Bonchev–Trinajstić information content (AvgIpc) is 2.22. The van der Waals surface area contributed by atoms with E-state index in [-0.39, 0.29) is 0 Å². The molecule has 0 unspecified atom stereocenters. The summed E-state index contributed by atoms with van der Waals surface area (Å²) in [5, 5.41) is 0. The van der Waals surface area contributed by atoms with Gasteiger partial charge in [0.1, 0.15) is 0 Å². The van der Waals surface area contributed by atoms with Gasteiger partial charge in [-0.3, -0.25) is 0 Å². The van der Waals surface area contributed by atoms with Gasteiger partial charge in [-0.1, -0.05) is 45.8 Å². The van der Waals surface area contributed by atoms with E-state index in [1.54, 1.807) is 0 Å². The lowest BCUT2D eigenvalue weighted by molar-refractivity contribution is 1.46. The SMILES string of the molecule is Cc1cccc(-c2cc(Br)ccc2I)c1. The van der Waals surface area contributed by atoms with Crippen LogP contribution in [0.2, 0.25) is 0 Å². The Hall–Kier alpha value is -0.350. The van der Waals surface area contributed by atoms with Gasteiger partial charge in [-0.15, -0.1) is 0 Å². The van der Waals surface area contributed by atoms with Crippen LogP contribution in [0.5, 0.6) is 0 Å². The largest absolute Gasteiger partial charge is 0.0614 e. The van der Waals surface area contributed by atoms with Crippen molar-refractivity contribution in [2.75, 3.05) is 0 Å². The molecule has 2 aromatic rings. The van der Waals surface area contributed by atoms with Gasteiger partial charge in [0.25, 0.3) is 0 Å². The van der Waals surface area contributed by atoms with Crippen LogP contribution in [0.25, 0.3) is 11.1 Å². The van der Waals surface area contributed by atoms with Gasteiger partial charge in [0.15, 0.2) is 0 Å². The molecule has 0 aliphatic carbocycles. The highest BCUT2D eigenvalue weighted by atomic mass is 127. The molecule has 0 saturated carbocycles. The molecule has 0 amide bonds. The Balaban J connectivity index is 2.58. The minimum atomic E-state index is 1.12. The molecule has 0 spiro atoms. The minimum absolute atomic E-state index is 1.12. The number of aryl methyl sites for hydroxylation is 1. The molecule has 2 heteroatoms. The third kappa shape index (κ3) is 2.61. The Bertz CT molecular complexity index is 492. The van der Waals surface area contributed by atoms with Crippen molar-refractivity contribution in [2.24, 2.45) is 0 Å². The smallest absolute Gasteiger partial charge is 0.0209 e. The molecule has 0 atom stereocenters. The second-order valence-corrected chi connectivity index (χ2v) is 5.57. The van der Waals surface area contributed by atoms with Crippen molar-refractivity contribution in [3.8, 4) is 11.1 Å². The van der Waals surface area contributed by atoms with E-state index in [0.717, 1.165) is 4.47 Å². The van der Waals surface area contributed by atoms with Gasteiger partial charge in [-0.25, -0.2) is 0 Å². The van der Waals surface area contributed by atoms with E-state index < -0.39 is 0 Å². The van der Waals surface area contributed by atoms with Crippen LogP contribution in [0, 0.1) is 10.5 Å². The molecular formula is C13H10BrI. The summed E-state index contributed by atoms with van der Waals surface area (Å²) in [6.45, 7) is 2.12. The number of halogens is 2. The molecule has 2 rings (SSSR count). The predicted molar refractivity (Wildman–Crippen MR) is 77.0 cm³/mol. The number of hydrogen-bond acceptors (Lipinski definition) is 0. The summed E-state index contributed by atoms with van der Waals surface area (Å²) in [7, 11) is 0. The van der Waals surface area contributed by atoms with Crippen molar-refractivity contribution < 1.29 is 0 Å².